The number of hydrogen-bond donors (Lipinski definition) is 1. The highest BCUT2D eigenvalue weighted by Crippen LogP contribution is 2.28. The van der Waals surface area contributed by atoms with Crippen molar-refractivity contribution in [3.63, 3.8) is 0 Å². The maximum Gasteiger partial charge on any atom is 0.155 e. The van der Waals surface area contributed by atoms with E-state index in [4.69, 9.17) is 23.2 Å². The lowest BCUT2D eigenvalue weighted by Gasteiger charge is -2.02. The lowest BCUT2D eigenvalue weighted by Crippen LogP contribution is -1.88. The molecule has 1 N–H and O–H groups in total. The van der Waals surface area contributed by atoms with Gasteiger partial charge in [-0.2, -0.15) is 0 Å². The molecule has 0 saturated heterocycles. The SMILES string of the molecule is Oc1ccc2c(Cl)nc(-c3cccc(Cl)c3)n2c1. The van der Waals surface area contributed by atoms with Crippen LogP contribution in [0.2, 0.25) is 10.2 Å². The molecule has 0 unspecified atom stereocenters. The van der Waals surface area contributed by atoms with Gasteiger partial charge in [0.25, 0.3) is 0 Å². The fraction of sp³-hybridized carbons (Fsp3) is 0. The molecule has 0 saturated carbocycles. The Labute approximate surface area is 113 Å². The summed E-state index contributed by atoms with van der Waals surface area (Å²) in [7, 11) is 0. The van der Waals surface area contributed by atoms with Gasteiger partial charge in [-0.3, -0.25) is 4.40 Å². The smallest absolute Gasteiger partial charge is 0.155 e. The number of imidazole rings is 1. The van der Waals surface area contributed by atoms with Crippen molar-refractivity contribution in [3.05, 3.63) is 52.8 Å². The maximum atomic E-state index is 9.55. The van der Waals surface area contributed by atoms with Gasteiger partial charge < -0.3 is 5.11 Å². The van der Waals surface area contributed by atoms with Crippen LogP contribution in [0, 0.1) is 0 Å². The maximum absolute atomic E-state index is 9.55. The van der Waals surface area contributed by atoms with E-state index in [1.54, 1.807) is 34.9 Å². The summed E-state index contributed by atoms with van der Waals surface area (Å²) in [6.45, 7) is 0. The van der Waals surface area contributed by atoms with Crippen LogP contribution < -0.4 is 0 Å². The summed E-state index contributed by atoms with van der Waals surface area (Å²) in [4.78, 5) is 4.30. The normalized spacial score (nSPS) is 11.0. The van der Waals surface area contributed by atoms with Crippen molar-refractivity contribution in [2.45, 2.75) is 0 Å². The molecule has 0 radical (unpaired) electrons. The summed E-state index contributed by atoms with van der Waals surface area (Å²) in [5.41, 5.74) is 1.58. The highest BCUT2D eigenvalue weighted by Gasteiger charge is 2.11. The Morgan fingerprint density at radius 1 is 1.11 bits per heavy atom. The monoisotopic (exact) mass is 278 g/mol. The van der Waals surface area contributed by atoms with Crippen molar-refractivity contribution in [3.8, 4) is 17.1 Å². The molecule has 3 rings (SSSR count). The third kappa shape index (κ3) is 1.82. The summed E-state index contributed by atoms with van der Waals surface area (Å²) in [5.74, 6) is 0.799. The Kier molecular flexibility index (Phi) is 2.65. The first kappa shape index (κ1) is 11.4. The van der Waals surface area contributed by atoms with Crippen molar-refractivity contribution in [2.75, 3.05) is 0 Å². The van der Waals surface area contributed by atoms with E-state index in [0.717, 1.165) is 11.1 Å². The average Bonchev–Trinajstić information content (AvgIpc) is 2.66. The lowest BCUT2D eigenvalue weighted by atomic mass is 10.2. The van der Waals surface area contributed by atoms with Crippen molar-refractivity contribution >= 4 is 28.7 Å². The van der Waals surface area contributed by atoms with Gasteiger partial charge in [0.1, 0.15) is 11.6 Å². The van der Waals surface area contributed by atoms with E-state index in [1.807, 2.05) is 12.1 Å². The number of aromatic hydroxyl groups is 1. The number of hydrogen-bond acceptors (Lipinski definition) is 2. The van der Waals surface area contributed by atoms with Crippen molar-refractivity contribution in [2.24, 2.45) is 0 Å². The summed E-state index contributed by atoms with van der Waals surface area (Å²) in [6, 6.07) is 10.6. The molecule has 0 bridgehead atoms. The quantitative estimate of drug-likeness (QED) is 0.730. The highest BCUT2D eigenvalue weighted by molar-refractivity contribution is 6.33. The predicted octanol–water partition coefficient (Wildman–Crippen LogP) is 4.01. The van der Waals surface area contributed by atoms with Gasteiger partial charge >= 0.3 is 0 Å². The van der Waals surface area contributed by atoms with Gasteiger partial charge in [0, 0.05) is 10.6 Å². The van der Waals surface area contributed by atoms with Crippen LogP contribution in [0.4, 0.5) is 0 Å². The molecular formula is C13H8Cl2N2O. The van der Waals surface area contributed by atoms with Crippen molar-refractivity contribution in [1.82, 2.24) is 9.38 Å². The first-order chi connectivity index (χ1) is 8.65. The van der Waals surface area contributed by atoms with Gasteiger partial charge in [-0.05, 0) is 24.3 Å². The van der Waals surface area contributed by atoms with Crippen LogP contribution in [-0.2, 0) is 0 Å². The summed E-state index contributed by atoms with van der Waals surface area (Å²) >= 11 is 12.0. The average molecular weight is 279 g/mol. The number of rotatable bonds is 1. The zero-order valence-electron chi connectivity index (χ0n) is 9.14. The Balaban J connectivity index is 2.32. The van der Waals surface area contributed by atoms with Crippen molar-refractivity contribution in [1.29, 1.82) is 0 Å². The minimum Gasteiger partial charge on any atom is -0.506 e. The third-order valence-corrected chi connectivity index (χ3v) is 3.17. The molecule has 0 amide bonds. The first-order valence-electron chi connectivity index (χ1n) is 5.27. The highest BCUT2D eigenvalue weighted by atomic mass is 35.5. The van der Waals surface area contributed by atoms with Crippen LogP contribution in [-0.4, -0.2) is 14.5 Å². The molecule has 1 aromatic carbocycles. The number of fused-ring (bicyclic) bond motifs is 1. The van der Waals surface area contributed by atoms with E-state index in [-0.39, 0.29) is 5.75 Å². The van der Waals surface area contributed by atoms with Crippen LogP contribution in [0.3, 0.4) is 0 Å². The van der Waals surface area contributed by atoms with Crippen LogP contribution in [0.15, 0.2) is 42.6 Å². The Hall–Kier alpha value is -1.71. The van der Waals surface area contributed by atoms with E-state index in [2.05, 4.69) is 4.98 Å². The fourth-order valence-corrected chi connectivity index (χ4v) is 2.29. The van der Waals surface area contributed by atoms with E-state index < -0.39 is 0 Å². The van der Waals surface area contributed by atoms with E-state index in [9.17, 15) is 5.11 Å². The molecular weight excluding hydrogens is 271 g/mol. The number of pyridine rings is 1. The Morgan fingerprint density at radius 3 is 2.72 bits per heavy atom. The molecule has 0 aliphatic carbocycles. The molecule has 18 heavy (non-hydrogen) atoms. The first-order valence-corrected chi connectivity index (χ1v) is 6.03. The van der Waals surface area contributed by atoms with Gasteiger partial charge in [-0.15, -0.1) is 0 Å². The van der Waals surface area contributed by atoms with E-state index >= 15 is 0 Å². The second kappa shape index (κ2) is 4.19. The number of aromatic nitrogens is 2. The Bertz CT molecular complexity index is 737. The van der Waals surface area contributed by atoms with Gasteiger partial charge in [0.2, 0.25) is 0 Å². The lowest BCUT2D eigenvalue weighted by molar-refractivity contribution is 0.472. The van der Waals surface area contributed by atoms with E-state index in [0.29, 0.717) is 16.0 Å². The minimum absolute atomic E-state index is 0.153. The van der Waals surface area contributed by atoms with Gasteiger partial charge in [-0.1, -0.05) is 35.3 Å². The van der Waals surface area contributed by atoms with E-state index in [1.165, 1.54) is 0 Å². The topological polar surface area (TPSA) is 37.5 Å². The molecule has 2 aromatic heterocycles. The molecule has 0 aliphatic rings. The molecule has 2 heterocycles. The van der Waals surface area contributed by atoms with Crippen LogP contribution >= 0.6 is 23.2 Å². The van der Waals surface area contributed by atoms with Crippen LogP contribution in [0.25, 0.3) is 16.9 Å². The van der Waals surface area contributed by atoms with Gasteiger partial charge in [0.05, 0.1) is 11.7 Å². The molecule has 5 heteroatoms. The minimum atomic E-state index is 0.153. The van der Waals surface area contributed by atoms with Crippen LogP contribution in [0.1, 0.15) is 0 Å². The molecule has 0 atom stereocenters. The van der Waals surface area contributed by atoms with Gasteiger partial charge in [0.15, 0.2) is 5.15 Å². The fourth-order valence-electron chi connectivity index (χ4n) is 1.87. The Morgan fingerprint density at radius 2 is 1.94 bits per heavy atom. The molecule has 3 aromatic rings. The second-order valence-corrected chi connectivity index (χ2v) is 4.67. The second-order valence-electron chi connectivity index (χ2n) is 3.88. The zero-order chi connectivity index (χ0) is 12.7. The predicted molar refractivity (Wildman–Crippen MR) is 72.3 cm³/mol. The number of nitrogens with zero attached hydrogens (tertiary/aromatic N) is 2. The summed E-state index contributed by atoms with van der Waals surface area (Å²) in [5, 5.41) is 10.6. The molecule has 0 fully saturated rings. The van der Waals surface area contributed by atoms with Crippen molar-refractivity contribution < 1.29 is 5.11 Å². The third-order valence-electron chi connectivity index (χ3n) is 2.66. The molecule has 90 valence electrons. The molecule has 3 nitrogen and oxygen atoms in total. The summed E-state index contributed by atoms with van der Waals surface area (Å²) < 4.78 is 1.74. The van der Waals surface area contributed by atoms with Crippen LogP contribution in [0.5, 0.6) is 5.75 Å². The largest absolute Gasteiger partial charge is 0.506 e. The standard InChI is InChI=1S/C13H8Cl2N2O/c14-9-3-1-2-8(6-9)13-16-12(15)11-5-4-10(18)7-17(11)13/h1-7,18H. The molecule has 0 aliphatic heterocycles. The zero-order valence-corrected chi connectivity index (χ0v) is 10.7. The van der Waals surface area contributed by atoms with Gasteiger partial charge in [-0.25, -0.2) is 4.98 Å². The number of halogens is 2. The molecule has 0 spiro atoms. The number of benzene rings is 1. The summed E-state index contributed by atoms with van der Waals surface area (Å²) in [6.07, 6.45) is 1.57.